The SMILES string of the molecule is CNC(=O)c1ccc2nc(-c3c[nH]c4cc(C)ccc34)n(-c3ccc4c(c3)n(C)c(=O)n4C)c2c1. The predicted molar refractivity (Wildman–Crippen MR) is 138 cm³/mol. The fraction of sp³-hybridized carbons (Fsp3) is 0.148. The van der Waals surface area contributed by atoms with Crippen LogP contribution in [-0.2, 0) is 14.1 Å². The molecule has 3 aromatic carbocycles. The van der Waals surface area contributed by atoms with Crippen molar-refractivity contribution in [3.05, 3.63) is 82.4 Å². The quantitative estimate of drug-likeness (QED) is 0.414. The number of hydrogen-bond acceptors (Lipinski definition) is 3. The largest absolute Gasteiger partial charge is 0.360 e. The molecule has 0 saturated carbocycles. The number of hydrogen-bond donors (Lipinski definition) is 2. The second kappa shape index (κ2) is 7.46. The molecule has 3 heterocycles. The molecule has 6 rings (SSSR count). The first kappa shape index (κ1) is 21.0. The fourth-order valence-electron chi connectivity index (χ4n) is 4.86. The molecular formula is C27H24N6O2. The second-order valence-electron chi connectivity index (χ2n) is 8.88. The minimum Gasteiger partial charge on any atom is -0.360 e. The third-order valence-corrected chi connectivity index (χ3v) is 6.74. The first-order valence-corrected chi connectivity index (χ1v) is 11.4. The predicted octanol–water partition coefficient (Wildman–Crippen LogP) is 4.03. The first-order chi connectivity index (χ1) is 16.9. The number of nitrogens with zero attached hydrogens (tertiary/aromatic N) is 4. The van der Waals surface area contributed by atoms with Gasteiger partial charge in [0.05, 0.1) is 22.1 Å². The maximum absolute atomic E-state index is 12.5. The van der Waals surface area contributed by atoms with Crippen LogP contribution in [0.5, 0.6) is 0 Å². The van der Waals surface area contributed by atoms with Crippen molar-refractivity contribution in [3.8, 4) is 17.1 Å². The summed E-state index contributed by atoms with van der Waals surface area (Å²) in [6.07, 6.45) is 1.97. The summed E-state index contributed by atoms with van der Waals surface area (Å²) in [4.78, 5) is 33.3. The van der Waals surface area contributed by atoms with Crippen LogP contribution in [0.25, 0.3) is 50.0 Å². The standard InChI is InChI=1S/C27H24N6O2/c1-15-5-8-18-19(14-29-21(18)11-15)25-30-20-9-6-16(26(34)28-2)12-23(20)33(25)17-7-10-22-24(13-17)32(4)27(35)31(22)3/h5-14,29H,1-4H3,(H,28,34). The Kier molecular flexibility index (Phi) is 4.47. The van der Waals surface area contributed by atoms with Crippen LogP contribution in [0.15, 0.2) is 65.6 Å². The molecule has 0 saturated heterocycles. The summed E-state index contributed by atoms with van der Waals surface area (Å²) in [6, 6.07) is 17.7. The lowest BCUT2D eigenvalue weighted by atomic mass is 10.1. The van der Waals surface area contributed by atoms with Crippen molar-refractivity contribution < 1.29 is 4.79 Å². The first-order valence-electron chi connectivity index (χ1n) is 11.4. The summed E-state index contributed by atoms with van der Waals surface area (Å²) < 4.78 is 5.33. The van der Waals surface area contributed by atoms with E-state index in [1.807, 2.05) is 36.5 Å². The average molecular weight is 465 g/mol. The van der Waals surface area contributed by atoms with E-state index < -0.39 is 0 Å². The van der Waals surface area contributed by atoms with E-state index >= 15 is 0 Å². The van der Waals surface area contributed by atoms with Crippen LogP contribution in [0.1, 0.15) is 15.9 Å². The van der Waals surface area contributed by atoms with Crippen molar-refractivity contribution in [1.29, 1.82) is 0 Å². The summed E-state index contributed by atoms with van der Waals surface area (Å²) in [5, 5.41) is 3.76. The molecule has 0 radical (unpaired) electrons. The van der Waals surface area contributed by atoms with Gasteiger partial charge < -0.3 is 10.3 Å². The number of rotatable bonds is 3. The zero-order valence-electron chi connectivity index (χ0n) is 19.9. The van der Waals surface area contributed by atoms with Crippen molar-refractivity contribution in [2.24, 2.45) is 14.1 Å². The van der Waals surface area contributed by atoms with Gasteiger partial charge in [0.1, 0.15) is 5.82 Å². The van der Waals surface area contributed by atoms with Crippen LogP contribution in [-0.4, -0.2) is 36.6 Å². The molecule has 174 valence electrons. The van der Waals surface area contributed by atoms with Crippen LogP contribution in [0, 0.1) is 6.92 Å². The number of benzene rings is 3. The third-order valence-electron chi connectivity index (χ3n) is 6.74. The van der Waals surface area contributed by atoms with Crippen LogP contribution in [0.2, 0.25) is 0 Å². The number of H-pyrrole nitrogens is 1. The molecule has 8 nitrogen and oxygen atoms in total. The maximum atomic E-state index is 12.5. The van der Waals surface area contributed by atoms with Gasteiger partial charge in [-0.25, -0.2) is 9.78 Å². The second-order valence-corrected chi connectivity index (χ2v) is 8.88. The fourth-order valence-corrected chi connectivity index (χ4v) is 4.86. The molecule has 8 heteroatoms. The van der Waals surface area contributed by atoms with Crippen molar-refractivity contribution in [3.63, 3.8) is 0 Å². The number of aromatic nitrogens is 5. The molecular weight excluding hydrogens is 440 g/mol. The van der Waals surface area contributed by atoms with Gasteiger partial charge in [0.25, 0.3) is 5.91 Å². The highest BCUT2D eigenvalue weighted by Gasteiger charge is 2.20. The molecule has 0 spiro atoms. The lowest BCUT2D eigenvalue weighted by Crippen LogP contribution is -2.19. The van der Waals surface area contributed by atoms with Gasteiger partial charge in [0.2, 0.25) is 0 Å². The van der Waals surface area contributed by atoms with E-state index in [2.05, 4.69) is 40.0 Å². The summed E-state index contributed by atoms with van der Waals surface area (Å²) in [5.41, 5.74) is 7.74. The van der Waals surface area contributed by atoms with Crippen molar-refractivity contribution in [2.75, 3.05) is 7.05 Å². The molecule has 0 fully saturated rings. The molecule has 0 unspecified atom stereocenters. The summed E-state index contributed by atoms with van der Waals surface area (Å²) in [5.74, 6) is 0.592. The van der Waals surface area contributed by atoms with Gasteiger partial charge in [0.15, 0.2) is 0 Å². The maximum Gasteiger partial charge on any atom is 0.328 e. The van der Waals surface area contributed by atoms with Gasteiger partial charge in [-0.05, 0) is 55.0 Å². The average Bonchev–Trinajstić information content (AvgIpc) is 3.51. The molecule has 35 heavy (non-hydrogen) atoms. The number of nitrogens with one attached hydrogen (secondary N) is 2. The van der Waals surface area contributed by atoms with Gasteiger partial charge in [0, 0.05) is 55.1 Å². The van der Waals surface area contributed by atoms with Gasteiger partial charge in [-0.3, -0.25) is 18.5 Å². The van der Waals surface area contributed by atoms with E-state index in [0.717, 1.165) is 50.0 Å². The zero-order chi connectivity index (χ0) is 24.4. The summed E-state index contributed by atoms with van der Waals surface area (Å²) in [6.45, 7) is 2.06. The Bertz CT molecular complexity index is 1860. The number of carbonyl (C=O) groups excluding carboxylic acids is 1. The molecule has 0 atom stereocenters. The Labute approximate surface area is 200 Å². The monoisotopic (exact) mass is 464 g/mol. The Morgan fingerprint density at radius 1 is 0.943 bits per heavy atom. The summed E-state index contributed by atoms with van der Waals surface area (Å²) in [7, 11) is 5.16. The Morgan fingerprint density at radius 3 is 2.54 bits per heavy atom. The van der Waals surface area contributed by atoms with E-state index in [1.165, 1.54) is 5.56 Å². The van der Waals surface area contributed by atoms with E-state index in [-0.39, 0.29) is 11.6 Å². The van der Waals surface area contributed by atoms with Gasteiger partial charge in [-0.15, -0.1) is 0 Å². The van der Waals surface area contributed by atoms with E-state index in [4.69, 9.17) is 4.98 Å². The molecule has 0 aliphatic carbocycles. The highest BCUT2D eigenvalue weighted by Crippen LogP contribution is 2.34. The Balaban J connectivity index is 1.70. The van der Waals surface area contributed by atoms with Crippen LogP contribution < -0.4 is 11.0 Å². The van der Waals surface area contributed by atoms with Gasteiger partial charge >= 0.3 is 5.69 Å². The highest BCUT2D eigenvalue weighted by molar-refractivity contribution is 6.00. The normalized spacial score (nSPS) is 11.7. The molecule has 3 aromatic heterocycles. The van der Waals surface area contributed by atoms with Gasteiger partial charge in [-0.1, -0.05) is 12.1 Å². The van der Waals surface area contributed by atoms with Crippen molar-refractivity contribution in [1.82, 2.24) is 29.0 Å². The molecule has 0 bridgehead atoms. The van der Waals surface area contributed by atoms with Crippen LogP contribution >= 0.6 is 0 Å². The molecule has 0 aliphatic rings. The lowest BCUT2D eigenvalue weighted by molar-refractivity contribution is 0.0963. The smallest absolute Gasteiger partial charge is 0.328 e. The number of fused-ring (bicyclic) bond motifs is 3. The zero-order valence-corrected chi connectivity index (χ0v) is 19.9. The number of carbonyl (C=O) groups is 1. The van der Waals surface area contributed by atoms with E-state index in [9.17, 15) is 9.59 Å². The van der Waals surface area contributed by atoms with E-state index in [0.29, 0.717) is 5.56 Å². The number of amides is 1. The summed E-state index contributed by atoms with van der Waals surface area (Å²) >= 11 is 0. The van der Waals surface area contributed by atoms with Gasteiger partial charge in [-0.2, -0.15) is 0 Å². The molecule has 0 aliphatic heterocycles. The van der Waals surface area contributed by atoms with Crippen LogP contribution in [0.3, 0.4) is 0 Å². The number of imidazole rings is 2. The topological polar surface area (TPSA) is 89.6 Å². The van der Waals surface area contributed by atoms with Crippen molar-refractivity contribution in [2.45, 2.75) is 6.92 Å². The Hall–Kier alpha value is -4.59. The molecule has 2 N–H and O–H groups in total. The lowest BCUT2D eigenvalue weighted by Gasteiger charge is -2.11. The van der Waals surface area contributed by atoms with E-state index in [1.54, 1.807) is 36.3 Å². The third kappa shape index (κ3) is 3.03. The molecule has 6 aromatic rings. The molecule has 1 amide bonds. The number of aryl methyl sites for hydroxylation is 3. The highest BCUT2D eigenvalue weighted by atomic mass is 16.2. The van der Waals surface area contributed by atoms with Crippen molar-refractivity contribution >= 4 is 38.9 Å². The minimum atomic E-state index is -0.162. The number of aromatic amines is 1. The minimum absolute atomic E-state index is 0.0817. The Morgan fingerprint density at radius 2 is 1.74 bits per heavy atom. The van der Waals surface area contributed by atoms with Crippen LogP contribution in [0.4, 0.5) is 0 Å².